The summed E-state index contributed by atoms with van der Waals surface area (Å²) < 4.78 is 27.7. The topological polar surface area (TPSA) is 12.0 Å². The van der Waals surface area contributed by atoms with Gasteiger partial charge in [0.15, 0.2) is 0 Å². The van der Waals surface area contributed by atoms with Crippen molar-refractivity contribution in [3.05, 3.63) is 33.8 Å². The highest BCUT2D eigenvalue weighted by molar-refractivity contribution is 9.10. The van der Waals surface area contributed by atoms with E-state index in [0.717, 1.165) is 18.8 Å². The summed E-state index contributed by atoms with van der Waals surface area (Å²) >= 11 is 3.01. The van der Waals surface area contributed by atoms with E-state index in [-0.39, 0.29) is 16.3 Å². The molecule has 1 fully saturated rings. The van der Waals surface area contributed by atoms with Crippen LogP contribution in [0.5, 0.6) is 0 Å². The van der Waals surface area contributed by atoms with Crippen LogP contribution >= 0.6 is 15.9 Å². The van der Waals surface area contributed by atoms with Crippen LogP contribution in [0, 0.1) is 17.6 Å². The van der Waals surface area contributed by atoms with Crippen LogP contribution in [0.15, 0.2) is 16.6 Å². The normalized spacial score (nSPS) is 17.9. The van der Waals surface area contributed by atoms with Crippen molar-refractivity contribution in [1.82, 2.24) is 5.32 Å². The molecule has 19 heavy (non-hydrogen) atoms. The van der Waals surface area contributed by atoms with E-state index in [1.807, 2.05) is 0 Å². The van der Waals surface area contributed by atoms with E-state index in [2.05, 4.69) is 21.2 Å². The molecule has 1 N–H and O–H groups in total. The second kappa shape index (κ2) is 6.80. The van der Waals surface area contributed by atoms with Crippen molar-refractivity contribution in [2.75, 3.05) is 7.05 Å². The fourth-order valence-electron chi connectivity index (χ4n) is 2.96. The molecule has 0 spiro atoms. The quantitative estimate of drug-likeness (QED) is 0.752. The Morgan fingerprint density at radius 2 is 1.95 bits per heavy atom. The third kappa shape index (κ3) is 3.76. The third-order valence-corrected chi connectivity index (χ3v) is 4.71. The van der Waals surface area contributed by atoms with Crippen molar-refractivity contribution < 1.29 is 8.78 Å². The maximum absolute atomic E-state index is 13.9. The lowest BCUT2D eigenvalue weighted by Crippen LogP contribution is -2.19. The number of benzene rings is 1. The minimum atomic E-state index is -0.405. The molecule has 1 aromatic carbocycles. The molecular formula is C15H20BrF2N. The van der Waals surface area contributed by atoms with Gasteiger partial charge in [0.2, 0.25) is 0 Å². The molecule has 1 saturated carbocycles. The SMILES string of the molecule is CNC(CCC1CCCC1)c1cc(F)c(Br)cc1F. The Bertz CT molecular complexity index is 430. The van der Waals surface area contributed by atoms with Gasteiger partial charge in [0.05, 0.1) is 4.47 Å². The summed E-state index contributed by atoms with van der Waals surface area (Å²) in [4.78, 5) is 0. The van der Waals surface area contributed by atoms with Crippen LogP contribution in [-0.4, -0.2) is 7.05 Å². The molecule has 1 atom stereocenters. The van der Waals surface area contributed by atoms with E-state index in [4.69, 9.17) is 0 Å². The minimum Gasteiger partial charge on any atom is -0.313 e. The molecule has 0 amide bonds. The molecular weight excluding hydrogens is 312 g/mol. The van der Waals surface area contributed by atoms with E-state index in [0.29, 0.717) is 5.56 Å². The molecule has 1 aliphatic carbocycles. The second-order valence-corrected chi connectivity index (χ2v) is 6.21. The van der Waals surface area contributed by atoms with Gasteiger partial charge < -0.3 is 5.32 Å². The molecule has 2 rings (SSSR count). The highest BCUT2D eigenvalue weighted by atomic mass is 79.9. The van der Waals surface area contributed by atoms with E-state index in [1.165, 1.54) is 37.8 Å². The summed E-state index contributed by atoms with van der Waals surface area (Å²) in [5.74, 6) is 0.00997. The van der Waals surface area contributed by atoms with Gasteiger partial charge in [0, 0.05) is 11.6 Å². The zero-order valence-corrected chi connectivity index (χ0v) is 12.8. The lowest BCUT2D eigenvalue weighted by atomic mass is 9.94. The van der Waals surface area contributed by atoms with Gasteiger partial charge in [-0.3, -0.25) is 0 Å². The van der Waals surface area contributed by atoms with Crippen LogP contribution in [-0.2, 0) is 0 Å². The number of rotatable bonds is 5. The number of hydrogen-bond acceptors (Lipinski definition) is 1. The fourth-order valence-corrected chi connectivity index (χ4v) is 3.28. The van der Waals surface area contributed by atoms with Crippen molar-refractivity contribution in [3.8, 4) is 0 Å². The molecule has 1 aromatic rings. The third-order valence-electron chi connectivity index (χ3n) is 4.10. The van der Waals surface area contributed by atoms with Crippen LogP contribution in [0.2, 0.25) is 0 Å². The van der Waals surface area contributed by atoms with Crippen LogP contribution in [0.1, 0.15) is 50.1 Å². The molecule has 1 aliphatic rings. The van der Waals surface area contributed by atoms with Crippen molar-refractivity contribution in [2.45, 2.75) is 44.6 Å². The first-order chi connectivity index (χ1) is 9.11. The van der Waals surface area contributed by atoms with Gasteiger partial charge in [-0.25, -0.2) is 8.78 Å². The average Bonchev–Trinajstić information content (AvgIpc) is 2.89. The van der Waals surface area contributed by atoms with Gasteiger partial charge in [0.25, 0.3) is 0 Å². The molecule has 1 nitrogen and oxygen atoms in total. The van der Waals surface area contributed by atoms with E-state index >= 15 is 0 Å². The summed E-state index contributed by atoms with van der Waals surface area (Å²) in [6, 6.07) is 2.41. The first-order valence-electron chi connectivity index (χ1n) is 6.93. The maximum Gasteiger partial charge on any atom is 0.137 e. The van der Waals surface area contributed by atoms with E-state index in [9.17, 15) is 8.78 Å². The first-order valence-corrected chi connectivity index (χ1v) is 7.72. The summed E-state index contributed by atoms with van der Waals surface area (Å²) in [5.41, 5.74) is 0.432. The Labute approximate surface area is 121 Å². The molecule has 0 aliphatic heterocycles. The van der Waals surface area contributed by atoms with Crippen molar-refractivity contribution in [2.24, 2.45) is 5.92 Å². The van der Waals surface area contributed by atoms with Crippen LogP contribution in [0.3, 0.4) is 0 Å². The summed E-state index contributed by atoms with van der Waals surface area (Å²) in [5, 5.41) is 3.11. The Balaban J connectivity index is 2.05. The second-order valence-electron chi connectivity index (χ2n) is 5.36. The fraction of sp³-hybridized carbons (Fsp3) is 0.600. The lowest BCUT2D eigenvalue weighted by Gasteiger charge is -2.19. The van der Waals surface area contributed by atoms with Gasteiger partial charge in [-0.2, -0.15) is 0 Å². The molecule has 0 aromatic heterocycles. The van der Waals surface area contributed by atoms with Crippen LogP contribution in [0.4, 0.5) is 8.78 Å². The summed E-state index contributed by atoms with van der Waals surface area (Å²) in [6.45, 7) is 0. The molecule has 0 radical (unpaired) electrons. The lowest BCUT2D eigenvalue weighted by molar-refractivity contribution is 0.416. The standard InChI is InChI=1S/C15H20BrF2N/c1-19-15(7-6-10-4-2-3-5-10)11-8-14(18)12(16)9-13(11)17/h8-10,15,19H,2-7H2,1H3. The van der Waals surface area contributed by atoms with Gasteiger partial charge in [-0.05, 0) is 53.9 Å². The maximum atomic E-state index is 13.9. The predicted octanol–water partition coefficient (Wildman–Crippen LogP) is 4.96. The molecule has 0 saturated heterocycles. The number of hydrogen-bond donors (Lipinski definition) is 1. The van der Waals surface area contributed by atoms with Crippen molar-refractivity contribution in [1.29, 1.82) is 0 Å². The van der Waals surface area contributed by atoms with Gasteiger partial charge >= 0.3 is 0 Å². The molecule has 0 heterocycles. The molecule has 4 heteroatoms. The number of halogens is 3. The van der Waals surface area contributed by atoms with Gasteiger partial charge in [-0.15, -0.1) is 0 Å². The Morgan fingerprint density at radius 3 is 2.58 bits per heavy atom. The average molecular weight is 332 g/mol. The Morgan fingerprint density at radius 1 is 1.26 bits per heavy atom. The predicted molar refractivity (Wildman–Crippen MR) is 77.1 cm³/mol. The largest absolute Gasteiger partial charge is 0.313 e. The highest BCUT2D eigenvalue weighted by Gasteiger charge is 2.20. The van der Waals surface area contributed by atoms with E-state index < -0.39 is 5.82 Å². The highest BCUT2D eigenvalue weighted by Crippen LogP contribution is 2.32. The Hall–Kier alpha value is -0.480. The van der Waals surface area contributed by atoms with Crippen molar-refractivity contribution >= 4 is 15.9 Å². The Kier molecular flexibility index (Phi) is 5.34. The summed E-state index contributed by atoms with van der Waals surface area (Å²) in [6.07, 6.45) is 7.15. The van der Waals surface area contributed by atoms with Crippen LogP contribution in [0.25, 0.3) is 0 Å². The monoisotopic (exact) mass is 331 g/mol. The van der Waals surface area contributed by atoms with Crippen molar-refractivity contribution in [3.63, 3.8) is 0 Å². The zero-order valence-electron chi connectivity index (χ0n) is 11.2. The molecule has 1 unspecified atom stereocenters. The molecule has 0 bridgehead atoms. The first kappa shape index (κ1) is 14.9. The minimum absolute atomic E-state index is 0.108. The van der Waals surface area contributed by atoms with Gasteiger partial charge in [-0.1, -0.05) is 25.7 Å². The molecule has 106 valence electrons. The van der Waals surface area contributed by atoms with E-state index in [1.54, 1.807) is 7.05 Å². The smallest absolute Gasteiger partial charge is 0.137 e. The van der Waals surface area contributed by atoms with Crippen LogP contribution < -0.4 is 5.32 Å². The summed E-state index contributed by atoms with van der Waals surface area (Å²) in [7, 11) is 1.80. The van der Waals surface area contributed by atoms with Gasteiger partial charge in [0.1, 0.15) is 11.6 Å². The zero-order chi connectivity index (χ0) is 13.8. The number of nitrogens with one attached hydrogen (secondary N) is 1.